The summed E-state index contributed by atoms with van der Waals surface area (Å²) in [5, 5.41) is 0. The van der Waals surface area contributed by atoms with Crippen LogP contribution >= 0.6 is 0 Å². The molecule has 0 N–H and O–H groups in total. The molecule has 3 rings (SSSR count). The van der Waals surface area contributed by atoms with Crippen LogP contribution in [0.2, 0.25) is 0 Å². The minimum Gasteiger partial charge on any atom is -0.497 e. The highest BCUT2D eigenvalue weighted by molar-refractivity contribution is 6.06. The van der Waals surface area contributed by atoms with Crippen molar-refractivity contribution >= 4 is 17.7 Å². The largest absolute Gasteiger partial charge is 0.497 e. The van der Waals surface area contributed by atoms with Crippen molar-refractivity contribution < 1.29 is 23.9 Å². The fourth-order valence-corrected chi connectivity index (χ4v) is 4.87. The molecule has 1 fully saturated rings. The summed E-state index contributed by atoms with van der Waals surface area (Å²) in [5.74, 6) is 0.130. The first-order valence-electron chi connectivity index (χ1n) is 11.5. The predicted octanol–water partition coefficient (Wildman–Crippen LogP) is 4.34. The summed E-state index contributed by atoms with van der Waals surface area (Å²) in [6, 6.07) is 7.02. The van der Waals surface area contributed by atoms with Crippen molar-refractivity contribution in [3.63, 3.8) is 0 Å². The zero-order valence-corrected chi connectivity index (χ0v) is 20.3. The Morgan fingerprint density at radius 3 is 2.42 bits per heavy atom. The summed E-state index contributed by atoms with van der Waals surface area (Å²) in [6.07, 6.45) is 5.65. The molecule has 1 amide bonds. The lowest BCUT2D eigenvalue weighted by molar-refractivity contribution is 0.0588. The first-order valence-corrected chi connectivity index (χ1v) is 11.5. The fraction of sp³-hybridized carbons (Fsp3) is 0.500. The molecule has 7 nitrogen and oxygen atoms in total. The highest BCUT2D eigenvalue weighted by atomic mass is 16.5. The maximum atomic E-state index is 13.5. The second-order valence-electron chi connectivity index (χ2n) is 8.83. The van der Waals surface area contributed by atoms with Gasteiger partial charge in [-0.2, -0.15) is 0 Å². The third kappa shape index (κ3) is 5.29. The van der Waals surface area contributed by atoms with Crippen LogP contribution in [0.3, 0.4) is 0 Å². The van der Waals surface area contributed by atoms with Crippen molar-refractivity contribution in [2.24, 2.45) is 13.0 Å². The van der Waals surface area contributed by atoms with Gasteiger partial charge in [-0.15, -0.1) is 0 Å². The van der Waals surface area contributed by atoms with E-state index in [0.29, 0.717) is 46.3 Å². The second kappa shape index (κ2) is 10.7. The first-order chi connectivity index (χ1) is 15.8. The van der Waals surface area contributed by atoms with Gasteiger partial charge in [0.2, 0.25) is 0 Å². The topological polar surface area (TPSA) is 77.8 Å². The molecule has 1 aliphatic carbocycles. The third-order valence-electron chi connectivity index (χ3n) is 6.73. The van der Waals surface area contributed by atoms with E-state index in [2.05, 4.69) is 0 Å². The van der Waals surface area contributed by atoms with Gasteiger partial charge in [0, 0.05) is 30.4 Å². The molecular formula is C26H34N2O5. The molecule has 0 atom stereocenters. The van der Waals surface area contributed by atoms with Crippen LogP contribution < -0.4 is 4.74 Å². The Bertz CT molecular complexity index is 1030. The van der Waals surface area contributed by atoms with Crippen molar-refractivity contribution in [1.82, 2.24) is 9.47 Å². The number of esters is 1. The molecule has 0 radical (unpaired) electrons. The monoisotopic (exact) mass is 454 g/mol. The Morgan fingerprint density at radius 1 is 1.09 bits per heavy atom. The van der Waals surface area contributed by atoms with Gasteiger partial charge in [-0.05, 0) is 56.4 Å². The van der Waals surface area contributed by atoms with Gasteiger partial charge in [0.05, 0.1) is 20.8 Å². The molecule has 1 aromatic heterocycles. The molecule has 0 aliphatic heterocycles. The highest BCUT2D eigenvalue weighted by Gasteiger charge is 2.29. The van der Waals surface area contributed by atoms with Crippen LogP contribution in [0.4, 0.5) is 0 Å². The van der Waals surface area contributed by atoms with E-state index in [1.54, 1.807) is 54.8 Å². The van der Waals surface area contributed by atoms with Crippen molar-refractivity contribution in [1.29, 1.82) is 0 Å². The Balaban J connectivity index is 1.92. The Hall–Kier alpha value is -3.09. The average Bonchev–Trinajstić information content (AvgIpc) is 3.06. The van der Waals surface area contributed by atoms with E-state index in [4.69, 9.17) is 9.47 Å². The van der Waals surface area contributed by atoms with Crippen LogP contribution in [-0.4, -0.2) is 54.4 Å². The van der Waals surface area contributed by atoms with Gasteiger partial charge in [-0.25, -0.2) is 4.79 Å². The second-order valence-corrected chi connectivity index (χ2v) is 8.83. The van der Waals surface area contributed by atoms with E-state index in [1.807, 2.05) is 6.92 Å². The normalized spacial score (nSPS) is 14.1. The molecule has 7 heteroatoms. The van der Waals surface area contributed by atoms with Crippen LogP contribution in [0.15, 0.2) is 24.3 Å². The molecular weight excluding hydrogens is 420 g/mol. The number of hydrogen-bond acceptors (Lipinski definition) is 5. The molecule has 0 bridgehead atoms. The number of rotatable bonds is 8. The molecule has 1 aromatic carbocycles. The highest BCUT2D eigenvalue weighted by Crippen LogP contribution is 2.27. The molecule has 178 valence electrons. The van der Waals surface area contributed by atoms with Gasteiger partial charge in [0.15, 0.2) is 5.78 Å². The molecule has 1 saturated carbocycles. The van der Waals surface area contributed by atoms with Gasteiger partial charge in [-0.1, -0.05) is 25.3 Å². The number of hydrogen-bond donors (Lipinski definition) is 0. The van der Waals surface area contributed by atoms with E-state index in [9.17, 15) is 14.4 Å². The lowest BCUT2D eigenvalue weighted by Crippen LogP contribution is -2.40. The first kappa shape index (κ1) is 24.6. The molecule has 0 saturated heterocycles. The van der Waals surface area contributed by atoms with E-state index >= 15 is 0 Å². The maximum Gasteiger partial charge on any atom is 0.354 e. The number of nitrogens with zero attached hydrogens (tertiary/aromatic N) is 2. The van der Waals surface area contributed by atoms with E-state index in [1.165, 1.54) is 13.5 Å². The van der Waals surface area contributed by atoms with E-state index < -0.39 is 5.97 Å². The number of aromatic nitrogens is 1. The minimum atomic E-state index is -0.483. The number of Topliss-reactive ketones (excluding diaryl/α,β-unsaturated/α-hetero) is 1. The summed E-state index contributed by atoms with van der Waals surface area (Å²) >= 11 is 0. The van der Waals surface area contributed by atoms with Crippen LogP contribution in [0, 0.1) is 19.8 Å². The number of benzene rings is 1. The molecule has 1 aliphatic rings. The van der Waals surface area contributed by atoms with Gasteiger partial charge >= 0.3 is 5.97 Å². The average molecular weight is 455 g/mol. The lowest BCUT2D eigenvalue weighted by atomic mass is 9.88. The van der Waals surface area contributed by atoms with Gasteiger partial charge < -0.3 is 18.9 Å². The molecule has 2 aromatic rings. The zero-order chi connectivity index (χ0) is 24.1. The SMILES string of the molecule is COC(=O)c1c(C)c(C(=O)CN(CC2CCCCC2)C(=O)c2cccc(OC)c2)c(C)n1C. The Kier molecular flexibility index (Phi) is 7.95. The Labute approximate surface area is 195 Å². The summed E-state index contributed by atoms with van der Waals surface area (Å²) in [7, 11) is 4.63. The summed E-state index contributed by atoms with van der Waals surface area (Å²) in [6.45, 7) is 4.05. The number of ether oxygens (including phenoxy) is 2. The summed E-state index contributed by atoms with van der Waals surface area (Å²) < 4.78 is 11.9. The van der Waals surface area contributed by atoms with Gasteiger partial charge in [-0.3, -0.25) is 9.59 Å². The molecule has 33 heavy (non-hydrogen) atoms. The lowest BCUT2D eigenvalue weighted by Gasteiger charge is -2.29. The summed E-state index contributed by atoms with van der Waals surface area (Å²) in [5.41, 5.74) is 2.60. The van der Waals surface area contributed by atoms with Crippen LogP contribution in [0.1, 0.15) is 74.6 Å². The van der Waals surface area contributed by atoms with E-state index in [-0.39, 0.29) is 18.2 Å². The number of amides is 1. The number of carbonyl (C=O) groups is 3. The Morgan fingerprint density at radius 2 is 1.79 bits per heavy atom. The smallest absolute Gasteiger partial charge is 0.354 e. The van der Waals surface area contributed by atoms with Crippen molar-refractivity contribution in [2.75, 3.05) is 27.3 Å². The maximum absolute atomic E-state index is 13.5. The summed E-state index contributed by atoms with van der Waals surface area (Å²) in [4.78, 5) is 40.9. The van der Waals surface area contributed by atoms with E-state index in [0.717, 1.165) is 25.7 Å². The number of ketones is 1. The van der Waals surface area contributed by atoms with Crippen LogP contribution in [0.5, 0.6) is 5.75 Å². The quantitative estimate of drug-likeness (QED) is 0.438. The fourth-order valence-electron chi connectivity index (χ4n) is 4.87. The van der Waals surface area contributed by atoms with Gasteiger partial charge in [0.1, 0.15) is 11.4 Å². The standard InChI is InChI=1S/C26H34N2O5/c1-17-23(18(2)27(3)24(17)26(31)33-5)22(29)16-28(15-19-10-7-6-8-11-19)25(30)20-12-9-13-21(14-20)32-4/h9,12-14,19H,6-8,10-11,15-16H2,1-5H3. The molecule has 0 spiro atoms. The number of carbonyl (C=O) groups excluding carboxylic acids is 3. The van der Waals surface area contributed by atoms with Crippen molar-refractivity contribution in [3.8, 4) is 5.75 Å². The molecule has 0 unspecified atom stereocenters. The predicted molar refractivity (Wildman–Crippen MR) is 126 cm³/mol. The van der Waals surface area contributed by atoms with Crippen LogP contribution in [0.25, 0.3) is 0 Å². The zero-order valence-electron chi connectivity index (χ0n) is 20.3. The minimum absolute atomic E-state index is 0.0428. The molecule has 1 heterocycles. The third-order valence-corrected chi connectivity index (χ3v) is 6.73. The number of methoxy groups -OCH3 is 2. The van der Waals surface area contributed by atoms with Crippen molar-refractivity contribution in [2.45, 2.75) is 46.0 Å². The van der Waals surface area contributed by atoms with Crippen molar-refractivity contribution in [3.05, 3.63) is 52.3 Å². The van der Waals surface area contributed by atoms with Crippen LogP contribution in [-0.2, 0) is 11.8 Å². The van der Waals surface area contributed by atoms with Gasteiger partial charge in [0.25, 0.3) is 5.91 Å².